The molecule has 0 saturated heterocycles. The maximum absolute atomic E-state index is 6.30. The van der Waals surface area contributed by atoms with E-state index < -0.39 is 0 Å². The first-order valence-electron chi connectivity index (χ1n) is 9.05. The standard InChI is InChI=1S/C21H15ClN6OS/c1-29-15-9-7-13(8-10-15)19-25-26-20(14-4-3-11-23-12-14)28(19)27-21-24-18-16(22)5-2-6-17(18)30-21/h2-12H,1H3,(H,24,27). The molecule has 0 aliphatic heterocycles. The number of aromatic nitrogens is 5. The van der Waals surface area contributed by atoms with E-state index in [-0.39, 0.29) is 0 Å². The summed E-state index contributed by atoms with van der Waals surface area (Å²) >= 11 is 7.80. The van der Waals surface area contributed by atoms with Crippen molar-refractivity contribution in [2.24, 2.45) is 0 Å². The van der Waals surface area contributed by atoms with Crippen molar-refractivity contribution in [1.82, 2.24) is 24.8 Å². The van der Waals surface area contributed by atoms with Crippen molar-refractivity contribution < 1.29 is 4.74 Å². The van der Waals surface area contributed by atoms with Gasteiger partial charge >= 0.3 is 0 Å². The molecule has 0 bridgehead atoms. The summed E-state index contributed by atoms with van der Waals surface area (Å²) in [5, 5.41) is 10.1. The molecule has 0 unspecified atom stereocenters. The molecule has 0 fully saturated rings. The van der Waals surface area contributed by atoms with Crippen molar-refractivity contribution in [2.45, 2.75) is 0 Å². The van der Waals surface area contributed by atoms with E-state index in [9.17, 15) is 0 Å². The molecular formula is C21H15ClN6OS. The van der Waals surface area contributed by atoms with Crippen molar-refractivity contribution in [2.75, 3.05) is 12.5 Å². The Balaban J connectivity index is 1.63. The van der Waals surface area contributed by atoms with Crippen LogP contribution in [0.4, 0.5) is 5.13 Å². The van der Waals surface area contributed by atoms with Gasteiger partial charge in [-0.05, 0) is 48.5 Å². The van der Waals surface area contributed by atoms with Gasteiger partial charge in [-0.15, -0.1) is 10.2 Å². The summed E-state index contributed by atoms with van der Waals surface area (Å²) in [5.41, 5.74) is 5.81. The van der Waals surface area contributed by atoms with E-state index in [4.69, 9.17) is 16.3 Å². The number of halogens is 1. The Kier molecular flexibility index (Phi) is 4.78. The summed E-state index contributed by atoms with van der Waals surface area (Å²) in [7, 11) is 1.64. The number of benzene rings is 2. The van der Waals surface area contributed by atoms with E-state index >= 15 is 0 Å². The van der Waals surface area contributed by atoms with Gasteiger partial charge in [0.25, 0.3) is 0 Å². The number of anilines is 1. The van der Waals surface area contributed by atoms with Gasteiger partial charge in [0.2, 0.25) is 5.13 Å². The van der Waals surface area contributed by atoms with Gasteiger partial charge in [0, 0.05) is 23.5 Å². The number of ether oxygens (including phenoxy) is 1. The predicted molar refractivity (Wildman–Crippen MR) is 119 cm³/mol. The fourth-order valence-corrected chi connectivity index (χ4v) is 4.21. The molecule has 7 nitrogen and oxygen atoms in total. The van der Waals surface area contributed by atoms with E-state index in [1.165, 1.54) is 11.3 Å². The second-order valence-electron chi connectivity index (χ2n) is 6.37. The van der Waals surface area contributed by atoms with Crippen molar-refractivity contribution in [1.29, 1.82) is 0 Å². The Hall–Kier alpha value is -3.49. The minimum Gasteiger partial charge on any atom is -0.497 e. The summed E-state index contributed by atoms with van der Waals surface area (Å²) in [4.78, 5) is 8.85. The summed E-state index contributed by atoms with van der Waals surface area (Å²) in [5.74, 6) is 2.03. The average molecular weight is 435 g/mol. The number of nitrogens with zero attached hydrogens (tertiary/aromatic N) is 5. The lowest BCUT2D eigenvalue weighted by molar-refractivity contribution is 0.415. The quantitative estimate of drug-likeness (QED) is 0.412. The molecule has 3 aromatic heterocycles. The van der Waals surface area contributed by atoms with Gasteiger partial charge in [-0.2, -0.15) is 0 Å². The number of hydrogen-bond acceptors (Lipinski definition) is 7. The molecule has 30 heavy (non-hydrogen) atoms. The van der Waals surface area contributed by atoms with Crippen LogP contribution in [-0.2, 0) is 0 Å². The Bertz CT molecular complexity index is 1320. The third kappa shape index (κ3) is 3.36. The number of hydrogen-bond donors (Lipinski definition) is 1. The highest BCUT2D eigenvalue weighted by molar-refractivity contribution is 7.22. The van der Waals surface area contributed by atoms with Crippen LogP contribution in [0.3, 0.4) is 0 Å². The topological polar surface area (TPSA) is 77.8 Å². The molecule has 0 aliphatic carbocycles. The van der Waals surface area contributed by atoms with Gasteiger partial charge in [-0.25, -0.2) is 9.66 Å². The zero-order valence-corrected chi connectivity index (χ0v) is 17.4. The minimum absolute atomic E-state index is 0.614. The van der Waals surface area contributed by atoms with E-state index in [1.54, 1.807) is 19.5 Å². The highest BCUT2D eigenvalue weighted by atomic mass is 35.5. The third-order valence-corrected chi connectivity index (χ3v) is 5.74. The van der Waals surface area contributed by atoms with Crippen LogP contribution >= 0.6 is 22.9 Å². The first-order valence-corrected chi connectivity index (χ1v) is 10.2. The molecule has 0 saturated carbocycles. The molecule has 5 aromatic rings. The van der Waals surface area contributed by atoms with E-state index in [2.05, 4.69) is 25.6 Å². The van der Waals surface area contributed by atoms with E-state index in [0.29, 0.717) is 21.8 Å². The summed E-state index contributed by atoms with van der Waals surface area (Å²) in [6.07, 6.45) is 3.47. The molecule has 0 amide bonds. The molecule has 5 rings (SSSR count). The second-order valence-corrected chi connectivity index (χ2v) is 7.81. The van der Waals surface area contributed by atoms with Crippen molar-refractivity contribution in [3.63, 3.8) is 0 Å². The molecule has 9 heteroatoms. The van der Waals surface area contributed by atoms with Crippen LogP contribution in [0, 0.1) is 0 Å². The van der Waals surface area contributed by atoms with Gasteiger partial charge < -0.3 is 4.74 Å². The Morgan fingerprint density at radius 2 is 1.77 bits per heavy atom. The van der Waals surface area contributed by atoms with E-state index in [1.807, 2.05) is 59.3 Å². The molecule has 2 aromatic carbocycles. The van der Waals surface area contributed by atoms with Crippen LogP contribution in [0.2, 0.25) is 5.02 Å². The Labute approximate surface area is 180 Å². The molecule has 0 spiro atoms. The van der Waals surface area contributed by atoms with Crippen LogP contribution in [0.15, 0.2) is 67.0 Å². The maximum atomic E-state index is 6.30. The number of pyridine rings is 1. The van der Waals surface area contributed by atoms with Crippen molar-refractivity contribution >= 4 is 38.3 Å². The minimum atomic E-state index is 0.614. The largest absolute Gasteiger partial charge is 0.497 e. The van der Waals surface area contributed by atoms with Crippen LogP contribution in [0.5, 0.6) is 5.75 Å². The van der Waals surface area contributed by atoms with Crippen molar-refractivity contribution in [3.8, 4) is 28.5 Å². The monoisotopic (exact) mass is 434 g/mol. The molecule has 0 aliphatic rings. The maximum Gasteiger partial charge on any atom is 0.203 e. The first kappa shape index (κ1) is 18.5. The lowest BCUT2D eigenvalue weighted by Gasteiger charge is -2.11. The first-order chi connectivity index (χ1) is 14.7. The summed E-state index contributed by atoms with van der Waals surface area (Å²) in [6, 6.07) is 17.2. The number of methoxy groups -OCH3 is 1. The fraction of sp³-hybridized carbons (Fsp3) is 0.0476. The average Bonchev–Trinajstić information content (AvgIpc) is 3.39. The van der Waals surface area contributed by atoms with Gasteiger partial charge in [0.15, 0.2) is 11.6 Å². The van der Waals surface area contributed by atoms with E-state index in [0.717, 1.165) is 27.1 Å². The number of para-hydroxylation sites is 1. The molecule has 1 N–H and O–H groups in total. The second kappa shape index (κ2) is 7.74. The highest BCUT2D eigenvalue weighted by Crippen LogP contribution is 2.32. The van der Waals surface area contributed by atoms with Gasteiger partial charge in [-0.3, -0.25) is 10.4 Å². The summed E-state index contributed by atoms with van der Waals surface area (Å²) in [6.45, 7) is 0. The number of fused-ring (bicyclic) bond motifs is 1. The fourth-order valence-electron chi connectivity index (χ4n) is 3.06. The van der Waals surface area contributed by atoms with Crippen LogP contribution in [0.1, 0.15) is 0 Å². The third-order valence-electron chi connectivity index (χ3n) is 4.51. The van der Waals surface area contributed by atoms with Crippen LogP contribution in [0.25, 0.3) is 33.0 Å². The Morgan fingerprint density at radius 3 is 2.47 bits per heavy atom. The zero-order valence-electron chi connectivity index (χ0n) is 15.8. The number of thiazole rings is 1. The van der Waals surface area contributed by atoms with Gasteiger partial charge in [0.05, 0.1) is 16.8 Å². The zero-order chi connectivity index (χ0) is 20.5. The molecule has 148 valence electrons. The predicted octanol–water partition coefficient (Wildman–Crippen LogP) is 5.15. The smallest absolute Gasteiger partial charge is 0.203 e. The summed E-state index contributed by atoms with van der Waals surface area (Å²) < 4.78 is 8.07. The lowest BCUT2D eigenvalue weighted by Crippen LogP contribution is -2.12. The number of nitrogens with one attached hydrogen (secondary N) is 1. The Morgan fingerprint density at radius 1 is 0.967 bits per heavy atom. The van der Waals surface area contributed by atoms with Crippen LogP contribution < -0.4 is 10.2 Å². The normalized spacial score (nSPS) is 11.0. The highest BCUT2D eigenvalue weighted by Gasteiger charge is 2.18. The SMILES string of the molecule is COc1ccc(-c2nnc(-c3cccnc3)n2Nc2nc3c(Cl)cccc3s2)cc1. The molecule has 0 atom stereocenters. The van der Waals surface area contributed by atoms with Gasteiger partial charge in [0.1, 0.15) is 11.3 Å². The lowest BCUT2D eigenvalue weighted by atomic mass is 10.2. The molecule has 3 heterocycles. The molecular weight excluding hydrogens is 420 g/mol. The number of rotatable bonds is 5. The van der Waals surface area contributed by atoms with Crippen molar-refractivity contribution in [3.05, 3.63) is 72.0 Å². The van der Waals surface area contributed by atoms with Crippen LogP contribution in [-0.4, -0.2) is 32.0 Å². The molecule has 0 radical (unpaired) electrons. The van der Waals surface area contributed by atoms with Gasteiger partial charge in [-0.1, -0.05) is 29.0 Å².